The Morgan fingerprint density at radius 3 is 2.63 bits per heavy atom. The maximum atomic E-state index is 13.4. The molecule has 0 bridgehead atoms. The number of rotatable bonds is 5. The van der Waals surface area contributed by atoms with Gasteiger partial charge in [0.05, 0.1) is 0 Å². The summed E-state index contributed by atoms with van der Waals surface area (Å²) in [6.45, 7) is 4.53. The predicted octanol–water partition coefficient (Wildman–Crippen LogP) is 2.46. The molecule has 3 atom stereocenters. The fourth-order valence-corrected chi connectivity index (χ4v) is 2.34. The monoisotopic (exact) mass is 265 g/mol. The molecule has 19 heavy (non-hydrogen) atoms. The summed E-state index contributed by atoms with van der Waals surface area (Å²) >= 11 is 0. The third-order valence-electron chi connectivity index (χ3n) is 3.42. The third kappa shape index (κ3) is 3.77. The van der Waals surface area contributed by atoms with Crippen LogP contribution in [0.4, 0.5) is 4.39 Å². The summed E-state index contributed by atoms with van der Waals surface area (Å²) in [6.07, 6.45) is -0.809. The minimum Gasteiger partial charge on any atom is -0.486 e. The van der Waals surface area contributed by atoms with Crippen LogP contribution in [0.5, 0.6) is 5.75 Å². The number of ketones is 1. The third-order valence-corrected chi connectivity index (χ3v) is 3.42. The second-order valence-corrected chi connectivity index (χ2v) is 5.21. The molecule has 3 nitrogen and oxygen atoms in total. The summed E-state index contributed by atoms with van der Waals surface area (Å²) in [4.78, 5) is 11.1. The van der Waals surface area contributed by atoms with Crippen molar-refractivity contribution in [3.05, 3.63) is 29.8 Å². The number of carbonyl (C=O) groups excluding carboxylic acids is 1. The summed E-state index contributed by atoms with van der Waals surface area (Å²) in [6, 6.07) is 7.57. The highest BCUT2D eigenvalue weighted by molar-refractivity contribution is 5.76. The van der Waals surface area contributed by atoms with Gasteiger partial charge in [-0.05, 0) is 30.5 Å². The summed E-state index contributed by atoms with van der Waals surface area (Å²) in [5.74, 6) is 1.06. The van der Waals surface area contributed by atoms with Gasteiger partial charge in [0.1, 0.15) is 17.6 Å². The number of hydrogen-bond donors (Lipinski definition) is 1. The maximum absolute atomic E-state index is 13.4. The van der Waals surface area contributed by atoms with Gasteiger partial charge < -0.3 is 14.8 Å². The Balaban J connectivity index is 1.96. The molecule has 0 radical (unpaired) electrons. The second kappa shape index (κ2) is 6.15. The van der Waals surface area contributed by atoms with E-state index < -0.39 is 12.3 Å². The predicted molar refractivity (Wildman–Crippen MR) is 72.3 cm³/mol. The number of nitrogens with one attached hydrogen (secondary N) is 1. The fraction of sp³-hybridized carbons (Fsp3) is 0.533. The van der Waals surface area contributed by atoms with E-state index in [-0.39, 0.29) is 11.7 Å². The van der Waals surface area contributed by atoms with E-state index in [9.17, 15) is 9.18 Å². The Morgan fingerprint density at radius 2 is 2.11 bits per heavy atom. The van der Waals surface area contributed by atoms with Gasteiger partial charge in [0.15, 0.2) is 6.17 Å². The van der Waals surface area contributed by atoms with Crippen LogP contribution in [0.2, 0.25) is 0 Å². The summed E-state index contributed by atoms with van der Waals surface area (Å²) in [5, 5.41) is 2.96. The second-order valence-electron chi connectivity index (χ2n) is 5.21. The maximum Gasteiger partial charge on any atom is 0.150 e. The van der Waals surface area contributed by atoms with Crippen molar-refractivity contribution in [3.8, 4) is 5.75 Å². The first-order chi connectivity index (χ1) is 9.06. The van der Waals surface area contributed by atoms with Crippen LogP contribution in [0.15, 0.2) is 24.3 Å². The summed E-state index contributed by atoms with van der Waals surface area (Å²) in [5.41, 5.74) is 1.10. The van der Waals surface area contributed by atoms with Crippen LogP contribution < -0.4 is 10.1 Å². The van der Waals surface area contributed by atoms with Crippen LogP contribution >= 0.6 is 0 Å². The standard InChI is InChI=1S/C15H20FNO2/c1-10(7-11(2)18)12-3-5-13(6-4-12)19-15-9-17-8-14(15)16/h3-6,10,14-15,17H,7-9H2,1-2H3/t10-,14-,15+/m1/s1. The molecule has 1 aromatic rings. The van der Waals surface area contributed by atoms with Gasteiger partial charge in [0.2, 0.25) is 0 Å². The summed E-state index contributed by atoms with van der Waals surface area (Å²) < 4.78 is 19.0. The molecule has 4 heteroatoms. The van der Waals surface area contributed by atoms with Gasteiger partial charge in [0, 0.05) is 19.5 Å². The molecule has 2 rings (SSSR count). The molecular weight excluding hydrogens is 245 g/mol. The Morgan fingerprint density at radius 1 is 1.42 bits per heavy atom. The Bertz CT molecular complexity index is 432. The van der Waals surface area contributed by atoms with E-state index >= 15 is 0 Å². The van der Waals surface area contributed by atoms with Gasteiger partial charge in [-0.3, -0.25) is 0 Å². The van der Waals surface area contributed by atoms with E-state index in [1.54, 1.807) is 6.92 Å². The zero-order chi connectivity index (χ0) is 13.8. The summed E-state index contributed by atoms with van der Waals surface area (Å²) in [7, 11) is 0. The van der Waals surface area contributed by atoms with Crippen LogP contribution in [0.1, 0.15) is 31.7 Å². The van der Waals surface area contributed by atoms with Crippen molar-refractivity contribution in [2.24, 2.45) is 0 Å². The molecule has 0 amide bonds. The van der Waals surface area contributed by atoms with Crippen LogP contribution in [-0.2, 0) is 4.79 Å². The van der Waals surface area contributed by atoms with Gasteiger partial charge in [-0.25, -0.2) is 4.39 Å². The van der Waals surface area contributed by atoms with Crippen LogP contribution in [0.3, 0.4) is 0 Å². The molecule has 1 heterocycles. The Hall–Kier alpha value is -1.42. The molecular formula is C15H20FNO2. The highest BCUT2D eigenvalue weighted by atomic mass is 19.1. The average Bonchev–Trinajstić information content (AvgIpc) is 2.75. The number of carbonyl (C=O) groups is 1. The van der Waals surface area contributed by atoms with E-state index in [1.807, 2.05) is 31.2 Å². The molecule has 0 saturated carbocycles. The molecule has 1 N–H and O–H groups in total. The lowest BCUT2D eigenvalue weighted by Crippen LogP contribution is -2.26. The van der Waals surface area contributed by atoms with Crippen LogP contribution in [0, 0.1) is 0 Å². The normalized spacial score (nSPS) is 24.2. The van der Waals surface area contributed by atoms with Gasteiger partial charge in [-0.15, -0.1) is 0 Å². The number of Topliss-reactive ketones (excluding diaryl/α,β-unsaturated/α-hetero) is 1. The number of halogens is 1. The van der Waals surface area contributed by atoms with E-state index in [0.29, 0.717) is 25.3 Å². The molecule has 1 aliphatic heterocycles. The van der Waals surface area contributed by atoms with Gasteiger partial charge in [0.25, 0.3) is 0 Å². The van der Waals surface area contributed by atoms with Crippen molar-refractivity contribution in [2.75, 3.05) is 13.1 Å². The molecule has 0 spiro atoms. The minimum atomic E-state index is -0.948. The smallest absolute Gasteiger partial charge is 0.150 e. The molecule has 1 fully saturated rings. The first-order valence-electron chi connectivity index (χ1n) is 6.67. The van der Waals surface area contributed by atoms with E-state index in [1.165, 1.54) is 0 Å². The van der Waals surface area contributed by atoms with Gasteiger partial charge in [-0.1, -0.05) is 19.1 Å². The quantitative estimate of drug-likeness (QED) is 0.888. The Kier molecular flexibility index (Phi) is 4.53. The lowest BCUT2D eigenvalue weighted by Gasteiger charge is -2.16. The number of alkyl halides is 1. The van der Waals surface area contributed by atoms with Crippen molar-refractivity contribution in [3.63, 3.8) is 0 Å². The van der Waals surface area contributed by atoms with Crippen molar-refractivity contribution in [1.82, 2.24) is 5.32 Å². The fourth-order valence-electron chi connectivity index (χ4n) is 2.34. The molecule has 1 aromatic carbocycles. The van der Waals surface area contributed by atoms with Crippen molar-refractivity contribution in [2.45, 2.75) is 38.5 Å². The van der Waals surface area contributed by atoms with Gasteiger partial charge >= 0.3 is 0 Å². The molecule has 0 aromatic heterocycles. The van der Waals surface area contributed by atoms with Gasteiger partial charge in [-0.2, -0.15) is 0 Å². The van der Waals surface area contributed by atoms with E-state index in [0.717, 1.165) is 5.56 Å². The lowest BCUT2D eigenvalue weighted by atomic mass is 9.96. The largest absolute Gasteiger partial charge is 0.486 e. The number of hydrogen-bond acceptors (Lipinski definition) is 3. The SMILES string of the molecule is CC(=O)C[C@@H](C)c1ccc(O[C@H]2CNC[C@H]2F)cc1. The first-order valence-corrected chi connectivity index (χ1v) is 6.67. The lowest BCUT2D eigenvalue weighted by molar-refractivity contribution is -0.117. The highest BCUT2D eigenvalue weighted by Gasteiger charge is 2.28. The molecule has 0 unspecified atom stereocenters. The average molecular weight is 265 g/mol. The number of benzene rings is 1. The van der Waals surface area contributed by atoms with E-state index in [4.69, 9.17) is 4.74 Å². The van der Waals surface area contributed by atoms with Crippen LogP contribution in [-0.4, -0.2) is 31.1 Å². The number of ether oxygens (including phenoxy) is 1. The first kappa shape index (κ1) is 14.0. The zero-order valence-electron chi connectivity index (χ0n) is 11.4. The Labute approximate surface area is 113 Å². The van der Waals surface area contributed by atoms with Crippen molar-refractivity contribution >= 4 is 5.78 Å². The molecule has 1 aliphatic rings. The topological polar surface area (TPSA) is 38.3 Å². The molecule has 1 saturated heterocycles. The van der Waals surface area contributed by atoms with Crippen LogP contribution in [0.25, 0.3) is 0 Å². The van der Waals surface area contributed by atoms with E-state index in [2.05, 4.69) is 5.32 Å². The van der Waals surface area contributed by atoms with Crippen molar-refractivity contribution < 1.29 is 13.9 Å². The highest BCUT2D eigenvalue weighted by Crippen LogP contribution is 2.23. The van der Waals surface area contributed by atoms with Crippen molar-refractivity contribution in [1.29, 1.82) is 0 Å². The minimum absolute atomic E-state index is 0.185. The molecule has 0 aliphatic carbocycles. The zero-order valence-corrected chi connectivity index (χ0v) is 11.4. The molecule has 104 valence electrons.